The fraction of sp³-hybridized carbons (Fsp3) is 0.182. The highest BCUT2D eigenvalue weighted by molar-refractivity contribution is 5.51. The summed E-state index contributed by atoms with van der Waals surface area (Å²) in [6.45, 7) is 2.07. The Kier molecular flexibility index (Phi) is 2.13. The molecule has 2 heterocycles. The van der Waals surface area contributed by atoms with Gasteiger partial charge in [0.15, 0.2) is 5.76 Å². The molecule has 0 aliphatic heterocycles. The molecule has 2 nitrogen and oxygen atoms in total. The molecule has 0 saturated carbocycles. The molecule has 0 N–H and O–H groups in total. The molecule has 0 radical (unpaired) electrons. The Labute approximate surface area is 77.2 Å². The summed E-state index contributed by atoms with van der Waals surface area (Å²) in [5.41, 5.74) is 0.891. The van der Waals surface area contributed by atoms with Crippen LogP contribution < -0.4 is 0 Å². The number of hydrogen-bond acceptors (Lipinski definition) is 2. The van der Waals surface area contributed by atoms with Gasteiger partial charge in [0.1, 0.15) is 11.5 Å². The number of rotatable bonds is 2. The normalized spacial score (nSPS) is 10.2. The van der Waals surface area contributed by atoms with Crippen molar-refractivity contribution in [2.45, 2.75) is 13.3 Å². The Bertz CT molecular complexity index is 378. The standard InChI is InChI=1S/C11H11NO/c1-2-9-6-7-11(13-9)10-5-3-4-8-12-10/h3-8H,2H2,1H3. The molecule has 0 aliphatic rings. The summed E-state index contributed by atoms with van der Waals surface area (Å²) in [6.07, 6.45) is 2.69. The second kappa shape index (κ2) is 3.44. The highest BCUT2D eigenvalue weighted by Gasteiger charge is 2.02. The predicted molar refractivity (Wildman–Crippen MR) is 51.3 cm³/mol. The van der Waals surface area contributed by atoms with E-state index in [0.717, 1.165) is 23.6 Å². The van der Waals surface area contributed by atoms with E-state index in [0.29, 0.717) is 0 Å². The van der Waals surface area contributed by atoms with E-state index < -0.39 is 0 Å². The Balaban J connectivity index is 2.36. The summed E-state index contributed by atoms with van der Waals surface area (Å²) >= 11 is 0. The molecule has 13 heavy (non-hydrogen) atoms. The fourth-order valence-electron chi connectivity index (χ4n) is 1.21. The smallest absolute Gasteiger partial charge is 0.152 e. The second-order valence-corrected chi connectivity index (χ2v) is 2.83. The lowest BCUT2D eigenvalue weighted by molar-refractivity contribution is 0.527. The number of aryl methyl sites for hydroxylation is 1. The van der Waals surface area contributed by atoms with Gasteiger partial charge in [0.25, 0.3) is 0 Å². The highest BCUT2D eigenvalue weighted by atomic mass is 16.3. The summed E-state index contributed by atoms with van der Waals surface area (Å²) in [5, 5.41) is 0. The first kappa shape index (κ1) is 8.05. The van der Waals surface area contributed by atoms with Crippen LogP contribution in [-0.4, -0.2) is 4.98 Å². The van der Waals surface area contributed by atoms with E-state index in [1.54, 1.807) is 6.20 Å². The maximum Gasteiger partial charge on any atom is 0.152 e. The summed E-state index contributed by atoms with van der Waals surface area (Å²) in [7, 11) is 0. The molecule has 0 unspecified atom stereocenters. The lowest BCUT2D eigenvalue weighted by Crippen LogP contribution is -1.77. The number of aromatic nitrogens is 1. The SMILES string of the molecule is CCc1ccc(-c2ccccn2)o1. The monoisotopic (exact) mass is 173 g/mol. The van der Waals surface area contributed by atoms with Gasteiger partial charge in [-0.15, -0.1) is 0 Å². The van der Waals surface area contributed by atoms with Gasteiger partial charge in [0, 0.05) is 12.6 Å². The molecular formula is C11H11NO. The number of furan rings is 1. The van der Waals surface area contributed by atoms with Gasteiger partial charge in [-0.3, -0.25) is 4.98 Å². The third-order valence-corrected chi connectivity index (χ3v) is 1.93. The zero-order chi connectivity index (χ0) is 9.10. The van der Waals surface area contributed by atoms with Crippen molar-refractivity contribution in [2.24, 2.45) is 0 Å². The summed E-state index contributed by atoms with van der Waals surface area (Å²) in [6, 6.07) is 9.74. The van der Waals surface area contributed by atoms with Crippen LogP contribution in [-0.2, 0) is 6.42 Å². The Morgan fingerprint density at radius 2 is 2.15 bits per heavy atom. The molecule has 2 rings (SSSR count). The number of pyridine rings is 1. The average Bonchev–Trinajstić information content (AvgIpc) is 2.67. The van der Waals surface area contributed by atoms with Crippen LogP contribution in [0.3, 0.4) is 0 Å². The van der Waals surface area contributed by atoms with Crippen LogP contribution in [0.1, 0.15) is 12.7 Å². The minimum Gasteiger partial charge on any atom is -0.459 e. The van der Waals surface area contributed by atoms with Crippen LogP contribution in [0.25, 0.3) is 11.5 Å². The minimum atomic E-state index is 0.845. The van der Waals surface area contributed by atoms with E-state index in [-0.39, 0.29) is 0 Å². The molecule has 0 saturated heterocycles. The predicted octanol–water partition coefficient (Wildman–Crippen LogP) is 2.90. The Hall–Kier alpha value is -1.57. The molecule has 2 aromatic heterocycles. The van der Waals surface area contributed by atoms with Gasteiger partial charge in [-0.2, -0.15) is 0 Å². The first-order chi connectivity index (χ1) is 6.40. The molecule has 66 valence electrons. The van der Waals surface area contributed by atoms with Gasteiger partial charge >= 0.3 is 0 Å². The summed E-state index contributed by atoms with van der Waals surface area (Å²) in [5.74, 6) is 1.85. The van der Waals surface area contributed by atoms with Gasteiger partial charge in [0.2, 0.25) is 0 Å². The molecule has 0 bridgehead atoms. The number of nitrogens with zero attached hydrogens (tertiary/aromatic N) is 1. The van der Waals surface area contributed by atoms with Gasteiger partial charge in [-0.05, 0) is 24.3 Å². The van der Waals surface area contributed by atoms with E-state index in [9.17, 15) is 0 Å². The first-order valence-electron chi connectivity index (χ1n) is 4.40. The highest BCUT2D eigenvalue weighted by Crippen LogP contribution is 2.19. The third-order valence-electron chi connectivity index (χ3n) is 1.93. The van der Waals surface area contributed by atoms with Crippen molar-refractivity contribution in [3.05, 3.63) is 42.3 Å². The van der Waals surface area contributed by atoms with Gasteiger partial charge in [0.05, 0.1) is 0 Å². The van der Waals surface area contributed by atoms with Crippen LogP contribution >= 0.6 is 0 Å². The zero-order valence-corrected chi connectivity index (χ0v) is 7.53. The van der Waals surface area contributed by atoms with Crippen molar-refractivity contribution in [2.75, 3.05) is 0 Å². The van der Waals surface area contributed by atoms with E-state index >= 15 is 0 Å². The van der Waals surface area contributed by atoms with Crippen molar-refractivity contribution >= 4 is 0 Å². The van der Waals surface area contributed by atoms with E-state index in [1.807, 2.05) is 30.3 Å². The molecule has 0 spiro atoms. The fourth-order valence-corrected chi connectivity index (χ4v) is 1.21. The van der Waals surface area contributed by atoms with E-state index in [4.69, 9.17) is 4.42 Å². The maximum absolute atomic E-state index is 5.56. The minimum absolute atomic E-state index is 0.845. The lowest BCUT2D eigenvalue weighted by atomic mass is 10.3. The second-order valence-electron chi connectivity index (χ2n) is 2.83. The van der Waals surface area contributed by atoms with Gasteiger partial charge in [-0.25, -0.2) is 0 Å². The van der Waals surface area contributed by atoms with Gasteiger partial charge in [-0.1, -0.05) is 13.0 Å². The van der Waals surface area contributed by atoms with Gasteiger partial charge < -0.3 is 4.42 Å². The molecule has 0 aromatic carbocycles. The molecular weight excluding hydrogens is 162 g/mol. The Morgan fingerprint density at radius 1 is 1.23 bits per heavy atom. The lowest BCUT2D eigenvalue weighted by Gasteiger charge is -1.93. The zero-order valence-electron chi connectivity index (χ0n) is 7.53. The molecule has 0 aliphatic carbocycles. The van der Waals surface area contributed by atoms with E-state index in [1.165, 1.54) is 0 Å². The first-order valence-corrected chi connectivity index (χ1v) is 4.40. The quantitative estimate of drug-likeness (QED) is 0.697. The van der Waals surface area contributed by atoms with Crippen molar-refractivity contribution in [3.63, 3.8) is 0 Å². The maximum atomic E-state index is 5.56. The summed E-state index contributed by atoms with van der Waals surface area (Å²) < 4.78 is 5.56. The Morgan fingerprint density at radius 3 is 2.77 bits per heavy atom. The van der Waals surface area contributed by atoms with Crippen LogP contribution in [0.2, 0.25) is 0 Å². The molecule has 0 amide bonds. The van der Waals surface area contributed by atoms with Crippen LogP contribution in [0, 0.1) is 0 Å². The van der Waals surface area contributed by atoms with Crippen molar-refractivity contribution in [1.82, 2.24) is 4.98 Å². The molecule has 0 atom stereocenters. The van der Waals surface area contributed by atoms with Crippen LogP contribution in [0.5, 0.6) is 0 Å². The van der Waals surface area contributed by atoms with Crippen molar-refractivity contribution in [3.8, 4) is 11.5 Å². The summed E-state index contributed by atoms with van der Waals surface area (Å²) in [4.78, 5) is 4.20. The largest absolute Gasteiger partial charge is 0.459 e. The van der Waals surface area contributed by atoms with E-state index in [2.05, 4.69) is 11.9 Å². The molecule has 2 heteroatoms. The third kappa shape index (κ3) is 1.61. The number of hydrogen-bond donors (Lipinski definition) is 0. The van der Waals surface area contributed by atoms with Crippen LogP contribution in [0.15, 0.2) is 40.9 Å². The molecule has 0 fully saturated rings. The van der Waals surface area contributed by atoms with Crippen molar-refractivity contribution in [1.29, 1.82) is 0 Å². The average molecular weight is 173 g/mol. The topological polar surface area (TPSA) is 26.0 Å². The van der Waals surface area contributed by atoms with Crippen molar-refractivity contribution < 1.29 is 4.42 Å². The van der Waals surface area contributed by atoms with Crippen LogP contribution in [0.4, 0.5) is 0 Å². The molecule has 2 aromatic rings.